The molecule has 0 spiro atoms. The van der Waals surface area contributed by atoms with E-state index in [-0.39, 0.29) is 11.8 Å². The molecule has 0 aliphatic heterocycles. The van der Waals surface area contributed by atoms with Crippen molar-refractivity contribution in [3.05, 3.63) is 83.9 Å². The van der Waals surface area contributed by atoms with Gasteiger partial charge in [-0.15, -0.1) is 0 Å². The standard InChI is InChI=1S/C24H20N2/c1-17(15-25)21-13-24(20-11-7-4-8-12-20)22(18(2)16-26)14-23(21)19-9-5-3-6-10-19/h3-14,17-18H,1-2H3. The molecule has 3 aromatic rings. The van der Waals surface area contributed by atoms with Crippen LogP contribution in [0.25, 0.3) is 22.3 Å². The number of hydrogen-bond donors (Lipinski definition) is 0. The molecule has 0 saturated carbocycles. The normalized spacial score (nSPS) is 12.6. The van der Waals surface area contributed by atoms with Gasteiger partial charge in [-0.3, -0.25) is 0 Å². The molecule has 0 amide bonds. The van der Waals surface area contributed by atoms with E-state index < -0.39 is 0 Å². The van der Waals surface area contributed by atoms with Gasteiger partial charge in [-0.2, -0.15) is 10.5 Å². The Labute approximate surface area is 155 Å². The Balaban J connectivity index is 2.33. The van der Waals surface area contributed by atoms with E-state index in [0.29, 0.717) is 0 Å². The third kappa shape index (κ3) is 3.37. The van der Waals surface area contributed by atoms with Gasteiger partial charge in [0.1, 0.15) is 0 Å². The average Bonchev–Trinajstić information content (AvgIpc) is 2.73. The molecule has 2 nitrogen and oxygen atoms in total. The van der Waals surface area contributed by atoms with Crippen LogP contribution in [0.15, 0.2) is 72.8 Å². The molecule has 0 aliphatic carbocycles. The van der Waals surface area contributed by atoms with Crippen molar-refractivity contribution in [2.75, 3.05) is 0 Å². The summed E-state index contributed by atoms with van der Waals surface area (Å²) >= 11 is 0. The highest BCUT2D eigenvalue weighted by atomic mass is 14.3. The fourth-order valence-electron chi connectivity index (χ4n) is 3.22. The van der Waals surface area contributed by atoms with E-state index in [1.54, 1.807) is 0 Å². The minimum absolute atomic E-state index is 0.237. The molecular weight excluding hydrogens is 316 g/mol. The molecule has 0 aromatic heterocycles. The van der Waals surface area contributed by atoms with Crippen molar-refractivity contribution in [3.8, 4) is 34.4 Å². The molecule has 126 valence electrons. The summed E-state index contributed by atoms with van der Waals surface area (Å²) < 4.78 is 0. The van der Waals surface area contributed by atoms with Crippen molar-refractivity contribution < 1.29 is 0 Å². The maximum absolute atomic E-state index is 9.54. The highest BCUT2D eigenvalue weighted by Gasteiger charge is 2.19. The van der Waals surface area contributed by atoms with Crippen LogP contribution in [-0.2, 0) is 0 Å². The lowest BCUT2D eigenvalue weighted by Crippen LogP contribution is -2.01. The largest absolute Gasteiger partial charge is 0.198 e. The van der Waals surface area contributed by atoms with Crippen molar-refractivity contribution in [2.45, 2.75) is 25.7 Å². The number of benzene rings is 3. The van der Waals surface area contributed by atoms with E-state index >= 15 is 0 Å². The topological polar surface area (TPSA) is 47.6 Å². The first-order chi connectivity index (χ1) is 12.7. The van der Waals surface area contributed by atoms with Crippen LogP contribution in [0, 0.1) is 22.7 Å². The van der Waals surface area contributed by atoms with Gasteiger partial charge in [0.05, 0.1) is 24.0 Å². The molecule has 2 heteroatoms. The zero-order chi connectivity index (χ0) is 18.5. The van der Waals surface area contributed by atoms with Gasteiger partial charge in [0.25, 0.3) is 0 Å². The van der Waals surface area contributed by atoms with Gasteiger partial charge < -0.3 is 0 Å². The first-order valence-electron chi connectivity index (χ1n) is 8.73. The lowest BCUT2D eigenvalue weighted by atomic mass is 9.83. The molecule has 2 unspecified atom stereocenters. The Morgan fingerprint density at radius 1 is 0.615 bits per heavy atom. The van der Waals surface area contributed by atoms with Crippen LogP contribution in [0.3, 0.4) is 0 Å². The summed E-state index contributed by atoms with van der Waals surface area (Å²) in [5.41, 5.74) is 6.16. The summed E-state index contributed by atoms with van der Waals surface area (Å²) in [4.78, 5) is 0. The van der Waals surface area contributed by atoms with Crippen LogP contribution in [0.5, 0.6) is 0 Å². The van der Waals surface area contributed by atoms with E-state index in [1.165, 1.54) is 0 Å². The Kier molecular flexibility index (Phi) is 5.16. The second kappa shape index (κ2) is 7.68. The van der Waals surface area contributed by atoms with Crippen LogP contribution in [0.4, 0.5) is 0 Å². The Bertz CT molecular complexity index is 893. The number of hydrogen-bond acceptors (Lipinski definition) is 2. The second-order valence-corrected chi connectivity index (χ2v) is 6.46. The van der Waals surface area contributed by atoms with E-state index in [0.717, 1.165) is 33.4 Å². The number of nitrogens with zero attached hydrogens (tertiary/aromatic N) is 2. The Morgan fingerprint density at radius 2 is 0.962 bits per heavy atom. The van der Waals surface area contributed by atoms with E-state index in [1.807, 2.05) is 74.5 Å². The molecule has 0 radical (unpaired) electrons. The fraction of sp³-hybridized carbons (Fsp3) is 0.167. The summed E-state index contributed by atoms with van der Waals surface area (Å²) in [6, 6.07) is 29.0. The monoisotopic (exact) mass is 336 g/mol. The maximum atomic E-state index is 9.54. The zero-order valence-electron chi connectivity index (χ0n) is 15.0. The van der Waals surface area contributed by atoms with Gasteiger partial charge in [0, 0.05) is 0 Å². The predicted molar refractivity (Wildman–Crippen MR) is 105 cm³/mol. The minimum atomic E-state index is -0.237. The summed E-state index contributed by atoms with van der Waals surface area (Å²) in [7, 11) is 0. The Hall–Kier alpha value is -3.36. The van der Waals surface area contributed by atoms with E-state index in [2.05, 4.69) is 24.3 Å². The zero-order valence-corrected chi connectivity index (χ0v) is 15.0. The molecule has 3 rings (SSSR count). The molecule has 0 N–H and O–H groups in total. The summed E-state index contributed by atoms with van der Waals surface area (Å²) in [6.45, 7) is 3.84. The molecule has 2 atom stereocenters. The molecule has 0 heterocycles. The summed E-state index contributed by atoms with van der Waals surface area (Å²) in [6.07, 6.45) is 0. The summed E-state index contributed by atoms with van der Waals surface area (Å²) in [5, 5.41) is 19.1. The van der Waals surface area contributed by atoms with Gasteiger partial charge in [0.15, 0.2) is 0 Å². The maximum Gasteiger partial charge on any atom is 0.0701 e. The predicted octanol–water partition coefficient (Wildman–Crippen LogP) is 6.27. The highest BCUT2D eigenvalue weighted by molar-refractivity contribution is 5.78. The minimum Gasteiger partial charge on any atom is -0.198 e. The third-order valence-electron chi connectivity index (χ3n) is 4.71. The number of rotatable bonds is 4. The lowest BCUT2D eigenvalue weighted by Gasteiger charge is -2.19. The first kappa shape index (κ1) is 17.5. The smallest absolute Gasteiger partial charge is 0.0701 e. The van der Waals surface area contributed by atoms with Crippen molar-refractivity contribution in [3.63, 3.8) is 0 Å². The molecule has 0 aliphatic rings. The molecular formula is C24H20N2. The van der Waals surface area contributed by atoms with Gasteiger partial charge in [-0.05, 0) is 59.4 Å². The van der Waals surface area contributed by atoms with Crippen LogP contribution < -0.4 is 0 Å². The van der Waals surface area contributed by atoms with Gasteiger partial charge in [-0.25, -0.2) is 0 Å². The van der Waals surface area contributed by atoms with Gasteiger partial charge in [0.2, 0.25) is 0 Å². The van der Waals surface area contributed by atoms with Crippen molar-refractivity contribution in [1.29, 1.82) is 10.5 Å². The first-order valence-corrected chi connectivity index (χ1v) is 8.73. The molecule has 0 bridgehead atoms. The summed E-state index contributed by atoms with van der Waals surface area (Å²) in [5.74, 6) is -0.474. The number of nitriles is 2. The molecule has 3 aromatic carbocycles. The van der Waals surface area contributed by atoms with E-state index in [9.17, 15) is 10.5 Å². The highest BCUT2D eigenvalue weighted by Crippen LogP contribution is 2.38. The molecule has 0 saturated heterocycles. The van der Waals surface area contributed by atoms with Crippen LogP contribution in [0.2, 0.25) is 0 Å². The van der Waals surface area contributed by atoms with Crippen molar-refractivity contribution >= 4 is 0 Å². The molecule has 0 fully saturated rings. The third-order valence-corrected chi connectivity index (χ3v) is 4.71. The van der Waals surface area contributed by atoms with E-state index in [4.69, 9.17) is 0 Å². The lowest BCUT2D eigenvalue weighted by molar-refractivity contribution is 0.959. The molecule has 26 heavy (non-hydrogen) atoms. The quantitative estimate of drug-likeness (QED) is 0.563. The van der Waals surface area contributed by atoms with Crippen molar-refractivity contribution in [2.24, 2.45) is 0 Å². The van der Waals surface area contributed by atoms with Crippen molar-refractivity contribution in [1.82, 2.24) is 0 Å². The SMILES string of the molecule is CC(C#N)c1cc(-c2ccccc2)c(C(C)C#N)cc1-c1ccccc1. The van der Waals surface area contributed by atoms with Crippen LogP contribution in [0.1, 0.15) is 36.8 Å². The second-order valence-electron chi connectivity index (χ2n) is 6.46. The van der Waals surface area contributed by atoms with Gasteiger partial charge >= 0.3 is 0 Å². The Morgan fingerprint density at radius 3 is 1.27 bits per heavy atom. The average molecular weight is 336 g/mol. The van der Waals surface area contributed by atoms with Crippen LogP contribution in [-0.4, -0.2) is 0 Å². The van der Waals surface area contributed by atoms with Gasteiger partial charge in [-0.1, -0.05) is 60.7 Å². The van der Waals surface area contributed by atoms with Crippen LogP contribution >= 0.6 is 0 Å². The fourth-order valence-corrected chi connectivity index (χ4v) is 3.22.